The van der Waals surface area contributed by atoms with Crippen molar-refractivity contribution in [2.24, 2.45) is 0 Å². The van der Waals surface area contributed by atoms with Crippen LogP contribution in [-0.4, -0.2) is 34.5 Å². The summed E-state index contributed by atoms with van der Waals surface area (Å²) in [6.07, 6.45) is 1.09. The van der Waals surface area contributed by atoms with Crippen molar-refractivity contribution in [3.63, 3.8) is 0 Å². The van der Waals surface area contributed by atoms with Crippen LogP contribution in [0.5, 0.6) is 11.6 Å². The van der Waals surface area contributed by atoms with E-state index in [1.165, 1.54) is 18.7 Å². The molecule has 7 nitrogen and oxygen atoms in total. The number of thioether (sulfide) groups is 1. The van der Waals surface area contributed by atoms with Gasteiger partial charge in [0.1, 0.15) is 5.75 Å². The van der Waals surface area contributed by atoms with Crippen LogP contribution in [0.4, 0.5) is 5.69 Å². The molecule has 9 heteroatoms. The van der Waals surface area contributed by atoms with Crippen molar-refractivity contribution in [1.82, 2.24) is 15.2 Å². The van der Waals surface area contributed by atoms with Crippen LogP contribution in [0, 0.1) is 0 Å². The Labute approximate surface area is 180 Å². The lowest BCUT2D eigenvalue weighted by Gasteiger charge is -2.30. The van der Waals surface area contributed by atoms with Crippen molar-refractivity contribution in [2.45, 2.75) is 18.3 Å². The first-order chi connectivity index (χ1) is 14.0. The van der Waals surface area contributed by atoms with Crippen LogP contribution >= 0.6 is 27.7 Å². The summed E-state index contributed by atoms with van der Waals surface area (Å²) in [6, 6.07) is 13.0. The highest BCUT2D eigenvalue weighted by Gasteiger charge is 2.35. The molecule has 2 aromatic carbocycles. The number of ether oxygens (including phenoxy) is 2. The fourth-order valence-corrected chi connectivity index (χ4v) is 3.92. The van der Waals surface area contributed by atoms with Gasteiger partial charge in [-0.15, -0.1) is 10.2 Å². The molecule has 2 heterocycles. The third kappa shape index (κ3) is 3.56. The largest absolute Gasteiger partial charge is 0.497 e. The minimum atomic E-state index is -0.772. The topological polar surface area (TPSA) is 77.4 Å². The summed E-state index contributed by atoms with van der Waals surface area (Å²) in [7, 11) is 1.59. The molecule has 3 aromatic rings. The third-order valence-electron chi connectivity index (χ3n) is 4.50. The first kappa shape index (κ1) is 19.7. The normalized spacial score (nSPS) is 15.0. The number of halogens is 1. The maximum atomic E-state index is 12.8. The number of rotatable bonds is 3. The average molecular weight is 473 g/mol. The highest BCUT2D eigenvalue weighted by molar-refractivity contribution is 9.10. The molecule has 0 saturated heterocycles. The van der Waals surface area contributed by atoms with E-state index in [9.17, 15) is 4.79 Å². The molecular weight excluding hydrogens is 456 g/mol. The summed E-state index contributed by atoms with van der Waals surface area (Å²) >= 11 is 4.95. The standard InChI is InChI=1S/C20H17BrN4O3S/c1-11(26)25-16-7-5-4-6-13(16)17-18(22-20(29-3)24-23-17)28-19(25)14-10-12(27-2)8-9-15(14)21/h4-10,19H,1-3H3/t19-/m0/s1. The average Bonchev–Trinajstić information content (AvgIpc) is 2.88. The maximum absolute atomic E-state index is 12.8. The Morgan fingerprint density at radius 1 is 1.24 bits per heavy atom. The second kappa shape index (κ2) is 8.00. The van der Waals surface area contributed by atoms with Gasteiger partial charge in [0.2, 0.25) is 23.2 Å². The molecule has 0 aliphatic carbocycles. The predicted molar refractivity (Wildman–Crippen MR) is 114 cm³/mol. The summed E-state index contributed by atoms with van der Waals surface area (Å²) in [4.78, 5) is 18.9. The second-order valence-corrected chi connectivity index (χ2v) is 7.84. The number of nitrogens with zero attached hydrogens (tertiary/aromatic N) is 4. The summed E-state index contributed by atoms with van der Waals surface area (Å²) in [6.45, 7) is 1.50. The van der Waals surface area contributed by atoms with Gasteiger partial charge in [-0.25, -0.2) is 0 Å². The zero-order chi connectivity index (χ0) is 20.5. The monoisotopic (exact) mass is 472 g/mol. The lowest BCUT2D eigenvalue weighted by Crippen LogP contribution is -2.36. The summed E-state index contributed by atoms with van der Waals surface area (Å²) < 4.78 is 12.5. The number of carbonyl (C=O) groups excluding carboxylic acids is 1. The van der Waals surface area contributed by atoms with E-state index >= 15 is 0 Å². The van der Waals surface area contributed by atoms with E-state index in [2.05, 4.69) is 31.1 Å². The molecule has 0 spiro atoms. The van der Waals surface area contributed by atoms with Crippen LogP contribution in [0.15, 0.2) is 52.1 Å². The van der Waals surface area contributed by atoms with Crippen molar-refractivity contribution < 1.29 is 14.3 Å². The van der Waals surface area contributed by atoms with Gasteiger partial charge in [-0.1, -0.05) is 45.9 Å². The number of hydrogen-bond donors (Lipinski definition) is 0. The van der Waals surface area contributed by atoms with Crippen molar-refractivity contribution in [3.05, 3.63) is 52.5 Å². The van der Waals surface area contributed by atoms with Crippen LogP contribution < -0.4 is 14.4 Å². The van der Waals surface area contributed by atoms with Crippen molar-refractivity contribution in [1.29, 1.82) is 0 Å². The third-order valence-corrected chi connectivity index (χ3v) is 5.76. The number of carbonyl (C=O) groups is 1. The quantitative estimate of drug-likeness (QED) is 0.520. The first-order valence-corrected chi connectivity index (χ1v) is 10.7. The maximum Gasteiger partial charge on any atom is 0.247 e. The molecule has 148 valence electrons. The van der Waals surface area contributed by atoms with Crippen LogP contribution in [0.1, 0.15) is 18.7 Å². The van der Waals surface area contributed by atoms with Gasteiger partial charge in [0.15, 0.2) is 5.69 Å². The van der Waals surface area contributed by atoms with Gasteiger partial charge < -0.3 is 9.47 Å². The molecule has 1 amide bonds. The lowest BCUT2D eigenvalue weighted by molar-refractivity contribution is -0.118. The number of amides is 1. The Balaban J connectivity index is 1.99. The molecule has 1 aliphatic rings. The number of aromatic nitrogens is 3. The summed E-state index contributed by atoms with van der Waals surface area (Å²) in [5, 5.41) is 8.98. The van der Waals surface area contributed by atoms with Crippen molar-refractivity contribution in [3.8, 4) is 22.9 Å². The van der Waals surface area contributed by atoms with E-state index in [1.54, 1.807) is 12.0 Å². The number of methoxy groups -OCH3 is 1. The fourth-order valence-electron chi connectivity index (χ4n) is 3.18. The molecule has 29 heavy (non-hydrogen) atoms. The van der Waals surface area contributed by atoms with Crippen molar-refractivity contribution in [2.75, 3.05) is 18.3 Å². The Morgan fingerprint density at radius 2 is 2.03 bits per heavy atom. The number of hydrogen-bond acceptors (Lipinski definition) is 7. The fraction of sp³-hybridized carbons (Fsp3) is 0.200. The van der Waals surface area contributed by atoms with E-state index in [0.29, 0.717) is 28.2 Å². The molecular formula is C20H17BrN4O3S. The molecule has 1 aromatic heterocycles. The van der Waals surface area contributed by atoms with Gasteiger partial charge in [0.25, 0.3) is 0 Å². The minimum absolute atomic E-state index is 0.178. The molecule has 0 saturated carbocycles. The molecule has 1 atom stereocenters. The highest BCUT2D eigenvalue weighted by atomic mass is 79.9. The Hall–Kier alpha value is -2.65. The molecule has 0 unspecified atom stereocenters. The van der Waals surface area contributed by atoms with E-state index < -0.39 is 6.23 Å². The Kier molecular flexibility index (Phi) is 5.42. The number of para-hydroxylation sites is 1. The van der Waals surface area contributed by atoms with Crippen molar-refractivity contribution >= 4 is 39.3 Å². The van der Waals surface area contributed by atoms with Gasteiger partial charge >= 0.3 is 0 Å². The van der Waals surface area contributed by atoms with Gasteiger partial charge in [0, 0.05) is 22.5 Å². The zero-order valence-corrected chi connectivity index (χ0v) is 18.3. The second-order valence-electron chi connectivity index (χ2n) is 6.22. The van der Waals surface area contributed by atoms with Gasteiger partial charge in [-0.3, -0.25) is 9.69 Å². The zero-order valence-electron chi connectivity index (χ0n) is 15.9. The lowest BCUT2D eigenvalue weighted by atomic mass is 10.1. The van der Waals surface area contributed by atoms with Gasteiger partial charge in [0.05, 0.1) is 12.8 Å². The van der Waals surface area contributed by atoms with E-state index in [1.807, 2.05) is 48.7 Å². The van der Waals surface area contributed by atoms with E-state index in [-0.39, 0.29) is 5.91 Å². The molecule has 0 radical (unpaired) electrons. The summed E-state index contributed by atoms with van der Waals surface area (Å²) in [5.41, 5.74) is 2.62. The predicted octanol–water partition coefficient (Wildman–Crippen LogP) is 4.48. The SMILES string of the molecule is COc1ccc(Br)c([C@@H]2Oc3nc(SC)nnc3-c3ccccc3N2C(C)=O)c1. The molecule has 4 rings (SSSR count). The van der Waals surface area contributed by atoms with E-state index in [4.69, 9.17) is 9.47 Å². The van der Waals surface area contributed by atoms with Crippen LogP contribution in [0.25, 0.3) is 11.3 Å². The highest BCUT2D eigenvalue weighted by Crippen LogP contribution is 2.44. The molecule has 0 bridgehead atoms. The summed E-state index contributed by atoms with van der Waals surface area (Å²) in [5.74, 6) is 0.793. The molecule has 1 aliphatic heterocycles. The number of benzene rings is 2. The van der Waals surface area contributed by atoms with Crippen LogP contribution in [0.2, 0.25) is 0 Å². The van der Waals surface area contributed by atoms with Crippen LogP contribution in [0.3, 0.4) is 0 Å². The van der Waals surface area contributed by atoms with Gasteiger partial charge in [-0.05, 0) is 30.5 Å². The first-order valence-electron chi connectivity index (χ1n) is 8.71. The number of anilines is 1. The van der Waals surface area contributed by atoms with Gasteiger partial charge in [-0.2, -0.15) is 4.98 Å². The minimum Gasteiger partial charge on any atom is -0.497 e. The number of fused-ring (bicyclic) bond motifs is 3. The molecule has 0 fully saturated rings. The molecule has 0 N–H and O–H groups in total. The Bertz CT molecular complexity index is 1100. The smallest absolute Gasteiger partial charge is 0.247 e. The van der Waals surface area contributed by atoms with Crippen LogP contribution in [-0.2, 0) is 4.79 Å². The Morgan fingerprint density at radius 3 is 2.76 bits per heavy atom. The van der Waals surface area contributed by atoms with E-state index in [0.717, 1.165) is 15.6 Å².